The first-order chi connectivity index (χ1) is 9.63. The summed E-state index contributed by atoms with van der Waals surface area (Å²) in [4.78, 5) is 0. The third-order valence-corrected chi connectivity index (χ3v) is 3.67. The molecule has 0 aliphatic carbocycles. The van der Waals surface area contributed by atoms with Gasteiger partial charge in [-0.1, -0.05) is 0 Å². The predicted molar refractivity (Wildman–Crippen MR) is 75.0 cm³/mol. The number of thiocarbonyl (C=S) groups is 1. The quantitative estimate of drug-likeness (QED) is 0.697. The van der Waals surface area contributed by atoms with Crippen LogP contribution in [0.2, 0.25) is 0 Å². The summed E-state index contributed by atoms with van der Waals surface area (Å²) in [6.45, 7) is 0.712. The Balaban J connectivity index is 1.56. The summed E-state index contributed by atoms with van der Waals surface area (Å²) in [7, 11) is 0. The molecule has 20 heavy (non-hydrogen) atoms. The Kier molecular flexibility index (Phi) is 3.84. The predicted octanol–water partition coefficient (Wildman–Crippen LogP) is 0.639. The molecule has 0 radical (unpaired) electrons. The van der Waals surface area contributed by atoms with Gasteiger partial charge in [-0.2, -0.15) is 0 Å². The van der Waals surface area contributed by atoms with Crippen molar-refractivity contribution in [2.24, 2.45) is 0 Å². The zero-order valence-corrected chi connectivity index (χ0v) is 11.4. The van der Waals surface area contributed by atoms with E-state index in [1.807, 2.05) is 0 Å². The van der Waals surface area contributed by atoms with Gasteiger partial charge in [0.05, 0.1) is 19.3 Å². The second-order valence-electron chi connectivity index (χ2n) is 4.88. The van der Waals surface area contributed by atoms with Crippen LogP contribution in [-0.2, 0) is 9.47 Å². The summed E-state index contributed by atoms with van der Waals surface area (Å²) in [5, 5.41) is 16.1. The van der Waals surface area contributed by atoms with E-state index in [1.165, 1.54) is 12.1 Å². The first-order valence-corrected chi connectivity index (χ1v) is 6.78. The summed E-state index contributed by atoms with van der Waals surface area (Å²) < 4.78 is 23.8. The van der Waals surface area contributed by atoms with Gasteiger partial charge >= 0.3 is 0 Å². The number of nitrogens with one attached hydrogen (secondary N) is 2. The number of aliphatic hydroxyl groups is 1. The van der Waals surface area contributed by atoms with E-state index < -0.39 is 6.10 Å². The second kappa shape index (κ2) is 5.61. The molecule has 2 saturated heterocycles. The van der Waals surface area contributed by atoms with E-state index in [-0.39, 0.29) is 30.7 Å². The summed E-state index contributed by atoms with van der Waals surface area (Å²) in [6, 6.07) is 5.82. The molecule has 108 valence electrons. The number of hydrogen-bond donors (Lipinski definition) is 3. The van der Waals surface area contributed by atoms with Crippen molar-refractivity contribution in [2.75, 3.05) is 18.5 Å². The molecule has 3 rings (SSSR count). The van der Waals surface area contributed by atoms with Crippen LogP contribution in [0.5, 0.6) is 0 Å². The van der Waals surface area contributed by atoms with Crippen molar-refractivity contribution in [3.63, 3.8) is 0 Å². The first-order valence-electron chi connectivity index (χ1n) is 6.38. The van der Waals surface area contributed by atoms with Crippen molar-refractivity contribution >= 4 is 23.0 Å². The fraction of sp³-hybridized carbons (Fsp3) is 0.462. The number of hydrogen-bond acceptors (Lipinski definition) is 4. The molecule has 2 aliphatic heterocycles. The van der Waals surface area contributed by atoms with E-state index in [4.69, 9.17) is 21.7 Å². The molecule has 5 nitrogen and oxygen atoms in total. The van der Waals surface area contributed by atoms with Crippen molar-refractivity contribution in [3.05, 3.63) is 30.1 Å². The maximum Gasteiger partial charge on any atom is 0.171 e. The average Bonchev–Trinajstić information content (AvgIpc) is 2.97. The maximum atomic E-state index is 12.8. The smallest absolute Gasteiger partial charge is 0.171 e. The minimum atomic E-state index is -0.578. The lowest BCUT2D eigenvalue weighted by Gasteiger charge is -2.19. The summed E-state index contributed by atoms with van der Waals surface area (Å²) in [5.74, 6) is -0.296. The van der Waals surface area contributed by atoms with Crippen molar-refractivity contribution < 1.29 is 19.0 Å². The number of rotatable bonds is 2. The number of fused-ring (bicyclic) bond motifs is 1. The number of aliphatic hydroxyl groups excluding tert-OH is 1. The van der Waals surface area contributed by atoms with Gasteiger partial charge in [0.25, 0.3) is 0 Å². The molecule has 0 amide bonds. The van der Waals surface area contributed by atoms with Gasteiger partial charge in [-0.15, -0.1) is 0 Å². The fourth-order valence-electron chi connectivity index (χ4n) is 2.47. The van der Waals surface area contributed by atoms with Gasteiger partial charge in [0.1, 0.15) is 24.1 Å². The lowest BCUT2D eigenvalue weighted by Crippen LogP contribution is -2.45. The van der Waals surface area contributed by atoms with E-state index >= 15 is 0 Å². The molecule has 3 N–H and O–H groups in total. The number of halogens is 1. The van der Waals surface area contributed by atoms with Crippen LogP contribution >= 0.6 is 12.2 Å². The first kappa shape index (κ1) is 13.7. The number of benzene rings is 1. The van der Waals surface area contributed by atoms with Gasteiger partial charge < -0.3 is 25.2 Å². The summed E-state index contributed by atoms with van der Waals surface area (Å²) in [5.41, 5.74) is 0.701. The molecule has 1 aromatic rings. The van der Waals surface area contributed by atoms with E-state index in [2.05, 4.69) is 10.6 Å². The Morgan fingerprint density at radius 3 is 2.65 bits per heavy atom. The van der Waals surface area contributed by atoms with Crippen molar-refractivity contribution in [3.8, 4) is 0 Å². The van der Waals surface area contributed by atoms with E-state index in [1.54, 1.807) is 12.1 Å². The molecule has 4 unspecified atom stereocenters. The van der Waals surface area contributed by atoms with E-state index in [0.29, 0.717) is 17.4 Å². The number of ether oxygens (including phenoxy) is 2. The van der Waals surface area contributed by atoms with Gasteiger partial charge in [-0.05, 0) is 36.5 Å². The average molecular weight is 298 g/mol. The molecular weight excluding hydrogens is 283 g/mol. The number of anilines is 1. The van der Waals surface area contributed by atoms with Crippen LogP contribution < -0.4 is 10.6 Å². The molecule has 2 heterocycles. The van der Waals surface area contributed by atoms with Crippen LogP contribution in [0.15, 0.2) is 24.3 Å². The Bertz CT molecular complexity index is 499. The molecule has 0 spiro atoms. The van der Waals surface area contributed by atoms with Gasteiger partial charge in [-0.25, -0.2) is 4.39 Å². The highest BCUT2D eigenvalue weighted by atomic mass is 32.1. The molecule has 0 saturated carbocycles. The van der Waals surface area contributed by atoms with Crippen molar-refractivity contribution in [1.29, 1.82) is 0 Å². The van der Waals surface area contributed by atoms with Crippen LogP contribution in [0.25, 0.3) is 0 Å². The second-order valence-corrected chi connectivity index (χ2v) is 5.28. The monoisotopic (exact) mass is 298 g/mol. The Morgan fingerprint density at radius 1 is 1.20 bits per heavy atom. The van der Waals surface area contributed by atoms with E-state index in [0.717, 1.165) is 0 Å². The third-order valence-electron chi connectivity index (χ3n) is 3.45. The molecule has 2 fully saturated rings. The minimum Gasteiger partial charge on any atom is -0.388 e. The fourth-order valence-corrected chi connectivity index (χ4v) is 2.74. The van der Waals surface area contributed by atoms with Crippen molar-refractivity contribution in [1.82, 2.24) is 5.32 Å². The largest absolute Gasteiger partial charge is 0.388 e. The molecule has 1 aromatic carbocycles. The van der Waals surface area contributed by atoms with Gasteiger partial charge in [0.2, 0.25) is 0 Å². The van der Waals surface area contributed by atoms with Gasteiger partial charge in [-0.3, -0.25) is 0 Å². The van der Waals surface area contributed by atoms with Crippen LogP contribution in [0.4, 0.5) is 10.1 Å². The van der Waals surface area contributed by atoms with Crippen LogP contribution in [0.3, 0.4) is 0 Å². The molecule has 0 bridgehead atoms. The molecular formula is C13H15FN2O3S. The lowest BCUT2D eigenvalue weighted by atomic mass is 10.1. The highest BCUT2D eigenvalue weighted by molar-refractivity contribution is 7.80. The maximum absolute atomic E-state index is 12.8. The minimum absolute atomic E-state index is 0.0994. The van der Waals surface area contributed by atoms with Gasteiger partial charge in [0.15, 0.2) is 5.11 Å². The van der Waals surface area contributed by atoms with Crippen molar-refractivity contribution in [2.45, 2.75) is 24.4 Å². The normalized spacial score (nSPS) is 31.9. The summed E-state index contributed by atoms with van der Waals surface area (Å²) in [6.07, 6.45) is -1.07. The molecule has 7 heteroatoms. The Labute approximate surface area is 121 Å². The molecule has 2 aliphatic rings. The standard InChI is InChI=1S/C13H15FN2O3S/c14-7-1-3-8(4-2-7)15-13(20)16-9-5-18-12-10(17)6-19-11(9)12/h1-4,9-12,17H,5-6H2,(H2,15,16,20). The Hall–Kier alpha value is -1.28. The lowest BCUT2D eigenvalue weighted by molar-refractivity contribution is 0.0180. The van der Waals surface area contributed by atoms with Crippen LogP contribution in [0.1, 0.15) is 0 Å². The van der Waals surface area contributed by atoms with Gasteiger partial charge in [0, 0.05) is 5.69 Å². The topological polar surface area (TPSA) is 62.8 Å². The third kappa shape index (κ3) is 2.76. The zero-order chi connectivity index (χ0) is 14.1. The van der Waals surface area contributed by atoms with Crippen LogP contribution in [-0.4, -0.2) is 47.8 Å². The highest BCUT2D eigenvalue weighted by Gasteiger charge is 2.47. The molecule has 4 atom stereocenters. The SMILES string of the molecule is OC1COC2C(NC(=S)Nc3ccc(F)cc3)COC12. The zero-order valence-electron chi connectivity index (χ0n) is 10.6. The highest BCUT2D eigenvalue weighted by Crippen LogP contribution is 2.26. The Morgan fingerprint density at radius 2 is 1.90 bits per heavy atom. The van der Waals surface area contributed by atoms with E-state index in [9.17, 15) is 9.50 Å². The summed E-state index contributed by atoms with van der Waals surface area (Å²) >= 11 is 5.21. The molecule has 0 aromatic heterocycles. The van der Waals surface area contributed by atoms with Crippen LogP contribution in [0, 0.1) is 5.82 Å².